The van der Waals surface area contributed by atoms with Gasteiger partial charge in [0.05, 0.1) is 37.3 Å². The van der Waals surface area contributed by atoms with Gasteiger partial charge >= 0.3 is 0 Å². The summed E-state index contributed by atoms with van der Waals surface area (Å²) in [5.74, 6) is 0.474. The van der Waals surface area contributed by atoms with Gasteiger partial charge in [-0.3, -0.25) is 4.68 Å². The molecular formula is C18H19ClN4O2. The summed E-state index contributed by atoms with van der Waals surface area (Å²) >= 11 is 6.11. The van der Waals surface area contributed by atoms with E-state index in [0.29, 0.717) is 35.4 Å². The van der Waals surface area contributed by atoms with Gasteiger partial charge < -0.3 is 9.84 Å². The normalized spacial score (nSPS) is 10.9. The molecule has 2 aromatic heterocycles. The molecule has 3 rings (SSSR count). The number of hydrogen-bond acceptors (Lipinski definition) is 5. The Morgan fingerprint density at radius 1 is 1.24 bits per heavy atom. The Kier molecular flexibility index (Phi) is 5.31. The number of aryl methyl sites for hydroxylation is 1. The number of aromatic nitrogens is 4. The van der Waals surface area contributed by atoms with E-state index >= 15 is 0 Å². The van der Waals surface area contributed by atoms with Crippen LogP contribution in [0.15, 0.2) is 36.5 Å². The van der Waals surface area contributed by atoms with Gasteiger partial charge in [-0.05, 0) is 32.0 Å². The van der Waals surface area contributed by atoms with Gasteiger partial charge in [-0.15, -0.1) is 0 Å². The van der Waals surface area contributed by atoms with Crippen molar-refractivity contribution in [3.05, 3.63) is 58.6 Å². The Morgan fingerprint density at radius 3 is 2.76 bits per heavy atom. The molecule has 0 amide bonds. The van der Waals surface area contributed by atoms with Crippen molar-refractivity contribution < 1.29 is 9.84 Å². The van der Waals surface area contributed by atoms with Crippen molar-refractivity contribution in [3.8, 4) is 17.1 Å². The van der Waals surface area contributed by atoms with Crippen molar-refractivity contribution in [3.63, 3.8) is 0 Å². The van der Waals surface area contributed by atoms with Gasteiger partial charge in [-0.1, -0.05) is 23.7 Å². The standard InChI is InChI=1S/C18H19ClN4O2/c1-3-25-18-17(13-5-4-6-14(19)8-13)21-16(9-20-18)10-23-12(2)7-15(11-24)22-23/h4-9,24H,3,10-11H2,1-2H3. The molecule has 1 aromatic carbocycles. The Balaban J connectivity index is 1.98. The lowest BCUT2D eigenvalue weighted by Crippen LogP contribution is -2.08. The zero-order valence-electron chi connectivity index (χ0n) is 14.1. The molecule has 0 bridgehead atoms. The average molecular weight is 359 g/mol. The van der Waals surface area contributed by atoms with Gasteiger partial charge in [0.2, 0.25) is 5.88 Å². The molecule has 130 valence electrons. The van der Waals surface area contributed by atoms with Gasteiger partial charge in [-0.2, -0.15) is 5.10 Å². The largest absolute Gasteiger partial charge is 0.476 e. The van der Waals surface area contributed by atoms with Crippen LogP contribution in [0.5, 0.6) is 5.88 Å². The van der Waals surface area contributed by atoms with Crippen molar-refractivity contribution in [1.82, 2.24) is 19.7 Å². The first-order chi connectivity index (χ1) is 12.1. The number of rotatable bonds is 6. The molecule has 0 aliphatic rings. The number of hydrogen-bond donors (Lipinski definition) is 1. The summed E-state index contributed by atoms with van der Waals surface area (Å²) in [5, 5.41) is 14.2. The molecule has 2 heterocycles. The van der Waals surface area contributed by atoms with Crippen molar-refractivity contribution >= 4 is 11.6 Å². The highest BCUT2D eigenvalue weighted by atomic mass is 35.5. The molecule has 0 saturated carbocycles. The highest BCUT2D eigenvalue weighted by molar-refractivity contribution is 6.30. The van der Waals surface area contributed by atoms with Crippen LogP contribution in [0, 0.1) is 6.92 Å². The van der Waals surface area contributed by atoms with Crippen LogP contribution in [-0.2, 0) is 13.2 Å². The van der Waals surface area contributed by atoms with Crippen molar-refractivity contribution in [1.29, 1.82) is 0 Å². The van der Waals surface area contributed by atoms with E-state index in [1.54, 1.807) is 10.9 Å². The van der Waals surface area contributed by atoms with Crippen LogP contribution < -0.4 is 4.74 Å². The average Bonchev–Trinajstić information content (AvgIpc) is 2.96. The second-order valence-electron chi connectivity index (χ2n) is 5.55. The number of aliphatic hydroxyl groups is 1. The van der Waals surface area contributed by atoms with Crippen molar-refractivity contribution in [2.45, 2.75) is 27.0 Å². The molecule has 0 spiro atoms. The monoisotopic (exact) mass is 358 g/mol. The molecule has 0 radical (unpaired) electrons. The molecular weight excluding hydrogens is 340 g/mol. The second kappa shape index (κ2) is 7.63. The Labute approximate surface area is 151 Å². The highest BCUT2D eigenvalue weighted by Crippen LogP contribution is 2.28. The lowest BCUT2D eigenvalue weighted by molar-refractivity contribution is 0.275. The van der Waals surface area contributed by atoms with E-state index in [4.69, 9.17) is 21.3 Å². The maximum atomic E-state index is 9.22. The number of aliphatic hydroxyl groups excluding tert-OH is 1. The summed E-state index contributed by atoms with van der Waals surface area (Å²) in [7, 11) is 0. The van der Waals surface area contributed by atoms with Gasteiger partial charge in [0, 0.05) is 16.3 Å². The predicted octanol–water partition coefficient (Wildman–Crippen LogP) is 3.24. The Morgan fingerprint density at radius 2 is 2.08 bits per heavy atom. The van der Waals surface area contributed by atoms with Crippen LogP contribution in [0.4, 0.5) is 0 Å². The molecule has 0 atom stereocenters. The topological polar surface area (TPSA) is 73.1 Å². The fourth-order valence-corrected chi connectivity index (χ4v) is 2.72. The number of ether oxygens (including phenoxy) is 1. The molecule has 25 heavy (non-hydrogen) atoms. The number of benzene rings is 1. The summed E-state index contributed by atoms with van der Waals surface area (Å²) in [6.45, 7) is 4.71. The first-order valence-corrected chi connectivity index (χ1v) is 8.37. The summed E-state index contributed by atoms with van der Waals surface area (Å²) in [6, 6.07) is 9.28. The van der Waals surface area contributed by atoms with E-state index in [0.717, 1.165) is 17.0 Å². The van der Waals surface area contributed by atoms with E-state index < -0.39 is 0 Å². The van der Waals surface area contributed by atoms with Crippen LogP contribution in [0.25, 0.3) is 11.3 Å². The molecule has 7 heteroatoms. The van der Waals surface area contributed by atoms with Crippen LogP contribution in [0.3, 0.4) is 0 Å². The molecule has 6 nitrogen and oxygen atoms in total. The fourth-order valence-electron chi connectivity index (χ4n) is 2.53. The lowest BCUT2D eigenvalue weighted by atomic mass is 10.1. The molecule has 0 saturated heterocycles. The van der Waals surface area contributed by atoms with Crippen LogP contribution in [0.2, 0.25) is 5.02 Å². The summed E-state index contributed by atoms with van der Waals surface area (Å²) in [4.78, 5) is 9.11. The SMILES string of the molecule is CCOc1ncc(Cn2nc(CO)cc2C)nc1-c1cccc(Cl)c1. The highest BCUT2D eigenvalue weighted by Gasteiger charge is 2.13. The third-order valence-electron chi connectivity index (χ3n) is 3.67. The fraction of sp³-hybridized carbons (Fsp3) is 0.278. The third-order valence-corrected chi connectivity index (χ3v) is 3.91. The maximum absolute atomic E-state index is 9.22. The number of halogens is 1. The first kappa shape index (κ1) is 17.4. The van der Waals surface area contributed by atoms with Crippen molar-refractivity contribution in [2.75, 3.05) is 6.61 Å². The Bertz CT molecular complexity index is 879. The van der Waals surface area contributed by atoms with E-state index in [1.807, 2.05) is 44.2 Å². The predicted molar refractivity (Wildman–Crippen MR) is 95.6 cm³/mol. The minimum atomic E-state index is -0.0867. The van der Waals surface area contributed by atoms with E-state index in [2.05, 4.69) is 10.1 Å². The van der Waals surface area contributed by atoms with Gasteiger partial charge in [0.15, 0.2) is 0 Å². The molecule has 0 aliphatic heterocycles. The molecule has 3 aromatic rings. The number of nitrogens with zero attached hydrogens (tertiary/aromatic N) is 4. The second-order valence-corrected chi connectivity index (χ2v) is 5.99. The van der Waals surface area contributed by atoms with E-state index in [-0.39, 0.29) is 6.61 Å². The summed E-state index contributed by atoms with van der Waals surface area (Å²) in [6.07, 6.45) is 1.68. The maximum Gasteiger partial charge on any atom is 0.240 e. The van der Waals surface area contributed by atoms with Crippen LogP contribution >= 0.6 is 11.6 Å². The van der Waals surface area contributed by atoms with Crippen LogP contribution in [-0.4, -0.2) is 31.5 Å². The van der Waals surface area contributed by atoms with E-state index in [9.17, 15) is 5.11 Å². The summed E-state index contributed by atoms with van der Waals surface area (Å²) < 4.78 is 7.40. The molecule has 0 aliphatic carbocycles. The van der Waals surface area contributed by atoms with Gasteiger partial charge in [-0.25, -0.2) is 9.97 Å². The van der Waals surface area contributed by atoms with Crippen LogP contribution in [0.1, 0.15) is 24.0 Å². The molecule has 0 unspecified atom stereocenters. The lowest BCUT2D eigenvalue weighted by Gasteiger charge is -2.11. The first-order valence-electron chi connectivity index (χ1n) is 7.99. The minimum Gasteiger partial charge on any atom is -0.476 e. The summed E-state index contributed by atoms with van der Waals surface area (Å²) in [5.41, 5.74) is 3.82. The van der Waals surface area contributed by atoms with Gasteiger partial charge in [0.25, 0.3) is 0 Å². The smallest absolute Gasteiger partial charge is 0.240 e. The Hall–Kier alpha value is -2.44. The van der Waals surface area contributed by atoms with Crippen molar-refractivity contribution in [2.24, 2.45) is 0 Å². The zero-order valence-corrected chi connectivity index (χ0v) is 14.9. The molecule has 0 fully saturated rings. The zero-order chi connectivity index (χ0) is 17.8. The van der Waals surface area contributed by atoms with E-state index in [1.165, 1.54) is 0 Å². The molecule has 1 N–H and O–H groups in total. The minimum absolute atomic E-state index is 0.0867. The quantitative estimate of drug-likeness (QED) is 0.732. The van der Waals surface area contributed by atoms with Gasteiger partial charge in [0.1, 0.15) is 5.69 Å². The third kappa shape index (κ3) is 3.97.